The zero-order valence-corrected chi connectivity index (χ0v) is 22.7. The second kappa shape index (κ2) is 12.9. The molecule has 0 bridgehead atoms. The molecule has 0 aromatic heterocycles. The van der Waals surface area contributed by atoms with Gasteiger partial charge in [-0.3, -0.25) is 18.7 Å². The van der Waals surface area contributed by atoms with Crippen molar-refractivity contribution < 1.29 is 22.8 Å². The lowest BCUT2D eigenvalue weighted by atomic mass is 10.1. The van der Waals surface area contributed by atoms with Gasteiger partial charge in [0.2, 0.25) is 21.8 Å². The van der Waals surface area contributed by atoms with Crippen molar-refractivity contribution in [2.45, 2.75) is 64.5 Å². The molecule has 0 radical (unpaired) electrons. The third kappa shape index (κ3) is 7.89. The standard InChI is InChI=1S/C28H37N3O5S/c1-4-26(28(34)29-24-14-8-9-15-24)30(18-17-22-11-6-5-7-12-22)27(33)20-31(37(3,35)36)25-16-10-13-23(19-25)21(2)32/h5-7,10-13,16,19,24,26H,4,8-9,14-15,17-18,20H2,1-3H3,(H,29,34)/t26-/m1/s1. The Bertz CT molecular complexity index is 1190. The van der Waals surface area contributed by atoms with Gasteiger partial charge in [0.1, 0.15) is 12.6 Å². The summed E-state index contributed by atoms with van der Waals surface area (Å²) in [5.74, 6) is -0.885. The first-order valence-electron chi connectivity index (χ1n) is 12.8. The van der Waals surface area contributed by atoms with Gasteiger partial charge in [0.25, 0.3) is 0 Å². The molecule has 1 fully saturated rings. The highest BCUT2D eigenvalue weighted by Gasteiger charge is 2.32. The molecule has 2 amide bonds. The molecule has 1 atom stereocenters. The topological polar surface area (TPSA) is 104 Å². The minimum atomic E-state index is -3.85. The number of benzene rings is 2. The summed E-state index contributed by atoms with van der Waals surface area (Å²) in [6, 6.07) is 15.3. The number of carbonyl (C=O) groups is 3. The van der Waals surface area contributed by atoms with Crippen LogP contribution in [0.15, 0.2) is 54.6 Å². The van der Waals surface area contributed by atoms with Crippen LogP contribution >= 0.6 is 0 Å². The lowest BCUT2D eigenvalue weighted by molar-refractivity contribution is -0.139. The van der Waals surface area contributed by atoms with Gasteiger partial charge in [-0.15, -0.1) is 0 Å². The molecular weight excluding hydrogens is 490 g/mol. The molecular formula is C28H37N3O5S. The van der Waals surface area contributed by atoms with Crippen LogP contribution in [0.25, 0.3) is 0 Å². The van der Waals surface area contributed by atoms with Crippen LogP contribution in [0.4, 0.5) is 5.69 Å². The molecule has 0 unspecified atom stereocenters. The molecule has 0 saturated heterocycles. The summed E-state index contributed by atoms with van der Waals surface area (Å²) in [6.45, 7) is 3.05. The van der Waals surface area contributed by atoms with Gasteiger partial charge >= 0.3 is 0 Å². The van der Waals surface area contributed by atoms with E-state index in [1.165, 1.54) is 17.9 Å². The quantitative estimate of drug-likeness (QED) is 0.425. The Kier molecular flexibility index (Phi) is 9.86. The third-order valence-corrected chi connectivity index (χ3v) is 7.93. The van der Waals surface area contributed by atoms with Crippen LogP contribution in [0.5, 0.6) is 0 Å². The van der Waals surface area contributed by atoms with Crippen LogP contribution < -0.4 is 9.62 Å². The number of carbonyl (C=O) groups excluding carboxylic acids is 3. The van der Waals surface area contributed by atoms with E-state index in [0.717, 1.165) is 41.8 Å². The van der Waals surface area contributed by atoms with Gasteiger partial charge in [-0.25, -0.2) is 8.42 Å². The minimum absolute atomic E-state index is 0.106. The second-order valence-electron chi connectivity index (χ2n) is 9.61. The molecule has 2 aromatic rings. The number of ketones is 1. The molecule has 8 nitrogen and oxygen atoms in total. The number of Topliss-reactive ketones (excluding diaryl/α,β-unsaturated/α-hetero) is 1. The molecule has 9 heteroatoms. The van der Waals surface area contributed by atoms with Gasteiger partial charge in [0, 0.05) is 18.2 Å². The maximum atomic E-state index is 13.7. The maximum absolute atomic E-state index is 13.7. The van der Waals surface area contributed by atoms with Crippen LogP contribution in [0.2, 0.25) is 0 Å². The average Bonchev–Trinajstić information content (AvgIpc) is 3.37. The minimum Gasteiger partial charge on any atom is -0.352 e. The van der Waals surface area contributed by atoms with Gasteiger partial charge < -0.3 is 10.2 Å². The van der Waals surface area contributed by atoms with Crippen molar-refractivity contribution in [2.75, 3.05) is 23.7 Å². The van der Waals surface area contributed by atoms with E-state index < -0.39 is 28.5 Å². The lowest BCUT2D eigenvalue weighted by Gasteiger charge is -2.33. The summed E-state index contributed by atoms with van der Waals surface area (Å²) < 4.78 is 26.5. The molecule has 1 aliphatic rings. The predicted octanol–water partition coefficient (Wildman–Crippen LogP) is 3.56. The van der Waals surface area contributed by atoms with E-state index in [-0.39, 0.29) is 30.0 Å². The van der Waals surface area contributed by atoms with Crippen molar-refractivity contribution in [1.82, 2.24) is 10.2 Å². The van der Waals surface area contributed by atoms with Crippen molar-refractivity contribution in [3.8, 4) is 0 Å². The summed E-state index contributed by atoms with van der Waals surface area (Å²) in [6.07, 6.45) is 5.94. The van der Waals surface area contributed by atoms with Crippen molar-refractivity contribution in [3.05, 3.63) is 65.7 Å². The van der Waals surface area contributed by atoms with Crippen LogP contribution in [-0.4, -0.2) is 62.3 Å². The molecule has 1 aliphatic carbocycles. The smallest absolute Gasteiger partial charge is 0.244 e. The Morgan fingerprint density at radius 3 is 2.30 bits per heavy atom. The van der Waals surface area contributed by atoms with Crippen LogP contribution in [0.3, 0.4) is 0 Å². The monoisotopic (exact) mass is 527 g/mol. The number of rotatable bonds is 12. The highest BCUT2D eigenvalue weighted by atomic mass is 32.2. The molecule has 3 rings (SSSR count). The van der Waals surface area contributed by atoms with Gasteiger partial charge in [0.15, 0.2) is 5.78 Å². The first kappa shape index (κ1) is 28.4. The summed E-state index contributed by atoms with van der Waals surface area (Å²) in [4.78, 5) is 40.4. The van der Waals surface area contributed by atoms with Crippen molar-refractivity contribution in [2.24, 2.45) is 0 Å². The number of nitrogens with zero attached hydrogens (tertiary/aromatic N) is 2. The SMILES string of the molecule is CC[C@H](C(=O)NC1CCCC1)N(CCc1ccccc1)C(=O)CN(c1cccc(C(C)=O)c1)S(C)(=O)=O. The molecule has 1 N–H and O–H groups in total. The van der Waals surface area contributed by atoms with Gasteiger partial charge in [-0.05, 0) is 50.3 Å². The zero-order valence-electron chi connectivity index (χ0n) is 21.9. The largest absolute Gasteiger partial charge is 0.352 e. The van der Waals surface area contributed by atoms with Gasteiger partial charge in [-0.2, -0.15) is 0 Å². The first-order valence-corrected chi connectivity index (χ1v) is 14.7. The van der Waals surface area contributed by atoms with Gasteiger partial charge in [-0.1, -0.05) is 62.2 Å². The Morgan fingerprint density at radius 1 is 1.03 bits per heavy atom. The number of nitrogens with one attached hydrogen (secondary N) is 1. The van der Waals surface area contributed by atoms with E-state index in [4.69, 9.17) is 0 Å². The predicted molar refractivity (Wildman–Crippen MR) is 145 cm³/mol. The Hall–Kier alpha value is -3.20. The lowest BCUT2D eigenvalue weighted by Crippen LogP contribution is -2.54. The van der Waals surface area contributed by atoms with Crippen molar-refractivity contribution in [3.63, 3.8) is 0 Å². The number of sulfonamides is 1. The molecule has 0 spiro atoms. The van der Waals surface area contributed by atoms with E-state index in [1.54, 1.807) is 18.2 Å². The van der Waals surface area contributed by atoms with E-state index >= 15 is 0 Å². The van der Waals surface area contributed by atoms with E-state index in [0.29, 0.717) is 18.4 Å². The summed E-state index contributed by atoms with van der Waals surface area (Å²) >= 11 is 0. The highest BCUT2D eigenvalue weighted by molar-refractivity contribution is 7.92. The second-order valence-corrected chi connectivity index (χ2v) is 11.5. The summed E-state index contributed by atoms with van der Waals surface area (Å²) in [5, 5.41) is 3.10. The van der Waals surface area contributed by atoms with E-state index in [9.17, 15) is 22.8 Å². The molecule has 2 aromatic carbocycles. The Balaban J connectivity index is 1.89. The molecule has 0 aliphatic heterocycles. The normalized spacial score (nSPS) is 14.7. The van der Waals surface area contributed by atoms with Crippen LogP contribution in [-0.2, 0) is 26.0 Å². The fraction of sp³-hybridized carbons (Fsp3) is 0.464. The van der Waals surface area contributed by atoms with Crippen LogP contribution in [0, 0.1) is 0 Å². The van der Waals surface area contributed by atoms with Crippen molar-refractivity contribution >= 4 is 33.3 Å². The van der Waals surface area contributed by atoms with E-state index in [1.807, 2.05) is 37.3 Å². The molecule has 37 heavy (non-hydrogen) atoms. The number of amides is 2. The fourth-order valence-electron chi connectivity index (χ4n) is 4.76. The van der Waals surface area contributed by atoms with Crippen molar-refractivity contribution in [1.29, 1.82) is 0 Å². The number of hydrogen-bond acceptors (Lipinski definition) is 5. The summed E-state index contributed by atoms with van der Waals surface area (Å²) in [7, 11) is -3.85. The summed E-state index contributed by atoms with van der Waals surface area (Å²) in [5.41, 5.74) is 1.59. The van der Waals surface area contributed by atoms with Crippen LogP contribution in [0.1, 0.15) is 61.9 Å². The molecule has 1 saturated carbocycles. The first-order chi connectivity index (χ1) is 17.6. The van der Waals surface area contributed by atoms with E-state index in [2.05, 4.69) is 5.32 Å². The number of anilines is 1. The Labute approximate surface area is 220 Å². The maximum Gasteiger partial charge on any atom is 0.244 e. The average molecular weight is 528 g/mol. The fourth-order valence-corrected chi connectivity index (χ4v) is 5.60. The number of hydrogen-bond donors (Lipinski definition) is 1. The molecule has 200 valence electrons. The third-order valence-electron chi connectivity index (χ3n) is 6.79. The highest BCUT2D eigenvalue weighted by Crippen LogP contribution is 2.22. The zero-order chi connectivity index (χ0) is 27.0. The molecule has 0 heterocycles. The Morgan fingerprint density at radius 2 is 1.70 bits per heavy atom. The van der Waals surface area contributed by atoms with Gasteiger partial charge in [0.05, 0.1) is 11.9 Å².